The average Bonchev–Trinajstić information content (AvgIpc) is 2.48. The van der Waals surface area contributed by atoms with Gasteiger partial charge in [-0.2, -0.15) is 0 Å². The minimum absolute atomic E-state index is 0.00996. The summed E-state index contributed by atoms with van der Waals surface area (Å²) < 4.78 is 11.1. The fourth-order valence-electron chi connectivity index (χ4n) is 3.23. The number of aliphatic hydroxyl groups excluding tert-OH is 1. The minimum Gasteiger partial charge on any atom is -0.394 e. The highest BCUT2D eigenvalue weighted by atomic mass is 16.5. The molecule has 2 fully saturated rings. The van der Waals surface area contributed by atoms with E-state index in [9.17, 15) is 5.11 Å². The number of hydrogen-bond donors (Lipinski definition) is 2. The molecule has 2 aliphatic rings. The first-order valence-electron chi connectivity index (χ1n) is 8.01. The molecule has 5 heteroatoms. The first-order chi connectivity index (χ1) is 9.78. The Morgan fingerprint density at radius 2 is 2.10 bits per heavy atom. The van der Waals surface area contributed by atoms with Crippen molar-refractivity contribution in [3.05, 3.63) is 0 Å². The second kappa shape index (κ2) is 8.29. The second-order valence-electron chi connectivity index (χ2n) is 6.20. The number of nitrogens with one attached hydrogen (secondary N) is 1. The van der Waals surface area contributed by atoms with E-state index in [-0.39, 0.29) is 12.7 Å². The highest BCUT2D eigenvalue weighted by Gasteiger charge is 2.35. The van der Waals surface area contributed by atoms with Crippen LogP contribution in [0.4, 0.5) is 0 Å². The molecular formula is C15H30N2O3. The third-order valence-electron chi connectivity index (χ3n) is 4.47. The van der Waals surface area contributed by atoms with Gasteiger partial charge in [0.1, 0.15) is 0 Å². The van der Waals surface area contributed by atoms with Crippen molar-refractivity contribution in [3.63, 3.8) is 0 Å². The molecule has 2 heterocycles. The summed E-state index contributed by atoms with van der Waals surface area (Å²) in [6.07, 6.45) is 3.43. The minimum atomic E-state index is -0.00996. The predicted octanol–water partition coefficient (Wildman–Crippen LogP) is 0.476. The maximum Gasteiger partial charge on any atom is 0.0932 e. The number of nitrogens with zero attached hydrogens (tertiary/aromatic N) is 1. The van der Waals surface area contributed by atoms with Crippen LogP contribution in [-0.4, -0.2) is 75.3 Å². The monoisotopic (exact) mass is 286 g/mol. The van der Waals surface area contributed by atoms with Crippen molar-refractivity contribution in [2.24, 2.45) is 5.41 Å². The zero-order valence-corrected chi connectivity index (χ0v) is 12.8. The van der Waals surface area contributed by atoms with E-state index in [1.54, 1.807) is 0 Å². The fourth-order valence-corrected chi connectivity index (χ4v) is 3.23. The number of ether oxygens (including phenoxy) is 2. The number of morpholine rings is 1. The first-order valence-corrected chi connectivity index (χ1v) is 8.01. The van der Waals surface area contributed by atoms with Crippen LogP contribution < -0.4 is 5.32 Å². The summed E-state index contributed by atoms with van der Waals surface area (Å²) in [6.45, 7) is 9.91. The molecule has 2 saturated heterocycles. The molecule has 0 saturated carbocycles. The molecule has 2 rings (SSSR count). The van der Waals surface area contributed by atoms with Crippen LogP contribution in [0, 0.1) is 5.41 Å². The zero-order valence-electron chi connectivity index (χ0n) is 12.8. The van der Waals surface area contributed by atoms with Gasteiger partial charge in [-0.05, 0) is 31.2 Å². The SMILES string of the molecule is CCCNCC1(CN2CCOC(CO)C2)CCOCC1. The Morgan fingerprint density at radius 3 is 2.80 bits per heavy atom. The van der Waals surface area contributed by atoms with Gasteiger partial charge in [0, 0.05) is 39.4 Å². The molecule has 0 radical (unpaired) electrons. The normalized spacial score (nSPS) is 27.6. The molecule has 1 unspecified atom stereocenters. The topological polar surface area (TPSA) is 54.0 Å². The van der Waals surface area contributed by atoms with Gasteiger partial charge in [-0.15, -0.1) is 0 Å². The highest BCUT2D eigenvalue weighted by Crippen LogP contribution is 2.31. The van der Waals surface area contributed by atoms with Gasteiger partial charge in [0.05, 0.1) is 19.3 Å². The van der Waals surface area contributed by atoms with Crippen LogP contribution >= 0.6 is 0 Å². The quantitative estimate of drug-likeness (QED) is 0.667. The summed E-state index contributed by atoms with van der Waals surface area (Å²) >= 11 is 0. The summed E-state index contributed by atoms with van der Waals surface area (Å²) in [4.78, 5) is 2.46. The summed E-state index contributed by atoms with van der Waals surface area (Å²) in [6, 6.07) is 0. The van der Waals surface area contributed by atoms with E-state index < -0.39 is 0 Å². The Morgan fingerprint density at radius 1 is 1.30 bits per heavy atom. The van der Waals surface area contributed by atoms with E-state index in [1.165, 1.54) is 6.42 Å². The van der Waals surface area contributed by atoms with Crippen LogP contribution in [-0.2, 0) is 9.47 Å². The molecule has 118 valence electrons. The van der Waals surface area contributed by atoms with Crippen molar-refractivity contribution in [3.8, 4) is 0 Å². The number of hydrogen-bond acceptors (Lipinski definition) is 5. The van der Waals surface area contributed by atoms with Gasteiger partial charge >= 0.3 is 0 Å². The van der Waals surface area contributed by atoms with Crippen LogP contribution in [0.25, 0.3) is 0 Å². The summed E-state index contributed by atoms with van der Waals surface area (Å²) in [5.41, 5.74) is 0.324. The second-order valence-corrected chi connectivity index (χ2v) is 6.20. The van der Waals surface area contributed by atoms with Crippen LogP contribution in [0.15, 0.2) is 0 Å². The van der Waals surface area contributed by atoms with Crippen LogP contribution in [0.2, 0.25) is 0 Å². The average molecular weight is 286 g/mol. The largest absolute Gasteiger partial charge is 0.394 e. The van der Waals surface area contributed by atoms with Crippen LogP contribution in [0.5, 0.6) is 0 Å². The molecule has 0 aromatic rings. The van der Waals surface area contributed by atoms with E-state index in [0.29, 0.717) is 5.41 Å². The van der Waals surface area contributed by atoms with Crippen molar-refractivity contribution < 1.29 is 14.6 Å². The molecule has 5 nitrogen and oxygen atoms in total. The van der Waals surface area contributed by atoms with Crippen molar-refractivity contribution in [1.29, 1.82) is 0 Å². The van der Waals surface area contributed by atoms with E-state index >= 15 is 0 Å². The molecule has 1 atom stereocenters. The summed E-state index contributed by atoms with van der Waals surface area (Å²) in [5.74, 6) is 0. The summed E-state index contributed by atoms with van der Waals surface area (Å²) in [7, 11) is 0. The Bertz CT molecular complexity index is 270. The number of rotatable bonds is 7. The lowest BCUT2D eigenvalue weighted by Gasteiger charge is -2.43. The fraction of sp³-hybridized carbons (Fsp3) is 1.00. The molecule has 2 N–H and O–H groups in total. The molecule has 0 aliphatic carbocycles. The third kappa shape index (κ3) is 4.67. The van der Waals surface area contributed by atoms with Gasteiger partial charge in [0.15, 0.2) is 0 Å². The van der Waals surface area contributed by atoms with Gasteiger partial charge in [-0.3, -0.25) is 4.90 Å². The zero-order chi connectivity index (χ0) is 14.3. The van der Waals surface area contributed by atoms with Crippen molar-refractivity contribution >= 4 is 0 Å². The maximum atomic E-state index is 9.27. The Labute approximate surface area is 122 Å². The smallest absolute Gasteiger partial charge is 0.0932 e. The Kier molecular flexibility index (Phi) is 6.71. The van der Waals surface area contributed by atoms with Crippen molar-refractivity contribution in [2.45, 2.75) is 32.3 Å². The standard InChI is InChI=1S/C15H30N2O3/c1-2-5-16-12-15(3-7-19-8-4-15)13-17-6-9-20-14(10-17)11-18/h14,16,18H,2-13H2,1H3. The van der Waals surface area contributed by atoms with Gasteiger partial charge in [-0.1, -0.05) is 6.92 Å². The molecule has 20 heavy (non-hydrogen) atoms. The molecule has 0 bridgehead atoms. The Hall–Kier alpha value is -0.200. The van der Waals surface area contributed by atoms with Gasteiger partial charge in [-0.25, -0.2) is 0 Å². The van der Waals surface area contributed by atoms with Gasteiger partial charge < -0.3 is 19.9 Å². The lowest BCUT2D eigenvalue weighted by atomic mass is 9.79. The highest BCUT2D eigenvalue weighted by molar-refractivity contribution is 4.88. The lowest BCUT2D eigenvalue weighted by Crippen LogP contribution is -2.52. The summed E-state index contributed by atoms with van der Waals surface area (Å²) in [5, 5.41) is 12.9. The molecule has 0 aromatic heterocycles. The van der Waals surface area contributed by atoms with Gasteiger partial charge in [0.2, 0.25) is 0 Å². The molecule has 2 aliphatic heterocycles. The van der Waals surface area contributed by atoms with Gasteiger partial charge in [0.25, 0.3) is 0 Å². The van der Waals surface area contributed by atoms with Crippen molar-refractivity contribution in [1.82, 2.24) is 10.2 Å². The van der Waals surface area contributed by atoms with Crippen LogP contribution in [0.3, 0.4) is 0 Å². The molecule has 0 aromatic carbocycles. The van der Waals surface area contributed by atoms with Crippen LogP contribution in [0.1, 0.15) is 26.2 Å². The number of aliphatic hydroxyl groups is 1. The molecule has 0 amide bonds. The molecular weight excluding hydrogens is 256 g/mol. The predicted molar refractivity (Wildman–Crippen MR) is 78.9 cm³/mol. The maximum absolute atomic E-state index is 9.27. The lowest BCUT2D eigenvalue weighted by molar-refractivity contribution is -0.0743. The first kappa shape index (κ1) is 16.2. The van der Waals surface area contributed by atoms with Crippen molar-refractivity contribution in [2.75, 3.05) is 59.2 Å². The van der Waals surface area contributed by atoms with E-state index in [1.807, 2.05) is 0 Å². The third-order valence-corrected chi connectivity index (χ3v) is 4.47. The van der Waals surface area contributed by atoms with E-state index in [4.69, 9.17) is 9.47 Å². The van der Waals surface area contributed by atoms with E-state index in [0.717, 1.165) is 65.4 Å². The Balaban J connectivity index is 1.88. The molecule has 0 spiro atoms. The van der Waals surface area contributed by atoms with E-state index in [2.05, 4.69) is 17.1 Å².